The zero-order chi connectivity index (χ0) is 34.9. The highest BCUT2D eigenvalue weighted by molar-refractivity contribution is 7.88. The van der Waals surface area contributed by atoms with E-state index >= 15 is 0 Å². The van der Waals surface area contributed by atoms with Gasteiger partial charge in [0.2, 0.25) is 21.8 Å². The van der Waals surface area contributed by atoms with Gasteiger partial charge in [-0.3, -0.25) is 19.4 Å². The van der Waals surface area contributed by atoms with E-state index in [2.05, 4.69) is 25.7 Å². The number of aliphatic hydroxyl groups is 1. The number of carbonyl (C=O) groups excluding carboxylic acids is 3. The van der Waals surface area contributed by atoms with Gasteiger partial charge in [-0.1, -0.05) is 72.8 Å². The lowest BCUT2D eigenvalue weighted by molar-refractivity contribution is -0.129. The van der Waals surface area contributed by atoms with Crippen LogP contribution in [0.2, 0.25) is 0 Å². The van der Waals surface area contributed by atoms with Gasteiger partial charge in [0.05, 0.1) is 42.6 Å². The first-order valence-corrected chi connectivity index (χ1v) is 17.6. The SMILES string of the molecule is CC(C)(C)NC(=O)c1ccccc1C[C@@H](O)[C@H](Cc1ccccc1)NC(=O)[C@@H](CC(=O)NCc1ccc2ccccc2n1)NS(C)(=O)=O. The van der Waals surface area contributed by atoms with Crippen LogP contribution in [0.1, 0.15) is 54.4 Å². The molecule has 0 aliphatic carbocycles. The minimum atomic E-state index is -3.91. The Hall–Kier alpha value is -4.65. The van der Waals surface area contributed by atoms with Gasteiger partial charge in [0, 0.05) is 22.9 Å². The average Bonchev–Trinajstić information content (AvgIpc) is 3.02. The molecule has 0 radical (unpaired) electrons. The zero-order valence-corrected chi connectivity index (χ0v) is 28.4. The summed E-state index contributed by atoms with van der Waals surface area (Å²) >= 11 is 0. The topological polar surface area (TPSA) is 167 Å². The van der Waals surface area contributed by atoms with Crippen molar-refractivity contribution >= 4 is 38.6 Å². The van der Waals surface area contributed by atoms with Gasteiger partial charge in [0.25, 0.3) is 5.91 Å². The molecule has 3 atom stereocenters. The van der Waals surface area contributed by atoms with Crippen LogP contribution in [0.5, 0.6) is 0 Å². The molecule has 0 unspecified atom stereocenters. The number of nitrogens with one attached hydrogen (secondary N) is 4. The molecule has 0 fully saturated rings. The molecule has 0 spiro atoms. The van der Waals surface area contributed by atoms with E-state index in [0.29, 0.717) is 16.8 Å². The van der Waals surface area contributed by atoms with Crippen LogP contribution in [0.25, 0.3) is 10.9 Å². The fourth-order valence-corrected chi connectivity index (χ4v) is 5.94. The minimum Gasteiger partial charge on any atom is -0.391 e. The molecule has 1 heterocycles. The number of hydrogen-bond acceptors (Lipinski definition) is 7. The van der Waals surface area contributed by atoms with Gasteiger partial charge in [0.1, 0.15) is 6.04 Å². The lowest BCUT2D eigenvalue weighted by Crippen LogP contribution is -2.54. The number of hydrogen-bond donors (Lipinski definition) is 5. The highest BCUT2D eigenvalue weighted by Gasteiger charge is 2.30. The van der Waals surface area contributed by atoms with Crippen LogP contribution >= 0.6 is 0 Å². The van der Waals surface area contributed by atoms with Gasteiger partial charge in [0.15, 0.2) is 0 Å². The molecule has 3 amide bonds. The van der Waals surface area contributed by atoms with Crippen molar-refractivity contribution in [2.45, 2.75) is 70.3 Å². The molecule has 0 bridgehead atoms. The van der Waals surface area contributed by atoms with Gasteiger partial charge in [-0.15, -0.1) is 0 Å². The molecule has 0 saturated heterocycles. The van der Waals surface area contributed by atoms with E-state index in [1.165, 1.54) is 0 Å². The summed E-state index contributed by atoms with van der Waals surface area (Å²) in [5, 5.41) is 20.9. The van der Waals surface area contributed by atoms with E-state index < -0.39 is 52.0 Å². The third kappa shape index (κ3) is 11.3. The number of rotatable bonds is 14. The molecule has 3 aromatic carbocycles. The van der Waals surface area contributed by atoms with Crippen molar-refractivity contribution in [1.29, 1.82) is 0 Å². The number of benzene rings is 3. The Morgan fingerprint density at radius 3 is 2.23 bits per heavy atom. The van der Waals surface area contributed by atoms with Crippen molar-refractivity contribution in [3.05, 3.63) is 113 Å². The van der Waals surface area contributed by atoms with Gasteiger partial charge in [-0.2, -0.15) is 0 Å². The van der Waals surface area contributed by atoms with Gasteiger partial charge >= 0.3 is 0 Å². The van der Waals surface area contributed by atoms with E-state index in [4.69, 9.17) is 0 Å². The quantitative estimate of drug-likeness (QED) is 0.137. The maximum Gasteiger partial charge on any atom is 0.251 e. The van der Waals surface area contributed by atoms with Gasteiger partial charge in [-0.25, -0.2) is 13.1 Å². The summed E-state index contributed by atoms with van der Waals surface area (Å²) < 4.78 is 26.8. The lowest BCUT2D eigenvalue weighted by Gasteiger charge is -2.28. The molecular weight excluding hydrogens is 630 g/mol. The van der Waals surface area contributed by atoms with Crippen molar-refractivity contribution in [3.63, 3.8) is 0 Å². The molecule has 4 rings (SSSR count). The fourth-order valence-electron chi connectivity index (χ4n) is 5.23. The van der Waals surface area contributed by atoms with Crippen LogP contribution in [0.4, 0.5) is 0 Å². The monoisotopic (exact) mass is 673 g/mol. The number of fused-ring (bicyclic) bond motifs is 1. The van der Waals surface area contributed by atoms with E-state index in [9.17, 15) is 27.9 Å². The van der Waals surface area contributed by atoms with Gasteiger partial charge < -0.3 is 21.1 Å². The van der Waals surface area contributed by atoms with Crippen LogP contribution in [-0.4, -0.2) is 66.2 Å². The second-order valence-corrected chi connectivity index (χ2v) is 14.6. The van der Waals surface area contributed by atoms with Crippen molar-refractivity contribution < 1.29 is 27.9 Å². The Balaban J connectivity index is 1.51. The Morgan fingerprint density at radius 1 is 0.854 bits per heavy atom. The number of nitrogens with zero attached hydrogens (tertiary/aromatic N) is 1. The minimum absolute atomic E-state index is 0.0228. The maximum atomic E-state index is 13.7. The largest absolute Gasteiger partial charge is 0.391 e. The molecule has 5 N–H and O–H groups in total. The molecule has 0 saturated carbocycles. The van der Waals surface area contributed by atoms with Crippen molar-refractivity contribution in [1.82, 2.24) is 25.7 Å². The van der Waals surface area contributed by atoms with Crippen LogP contribution < -0.4 is 20.7 Å². The summed E-state index contributed by atoms with van der Waals surface area (Å²) in [6, 6.07) is 25.0. The molecule has 11 nitrogen and oxygen atoms in total. The van der Waals surface area contributed by atoms with E-state index in [0.717, 1.165) is 22.7 Å². The summed E-state index contributed by atoms with van der Waals surface area (Å²) in [6.45, 7) is 5.69. The van der Waals surface area contributed by atoms with E-state index in [-0.39, 0.29) is 25.3 Å². The highest BCUT2D eigenvalue weighted by Crippen LogP contribution is 2.17. The summed E-state index contributed by atoms with van der Waals surface area (Å²) in [7, 11) is -3.91. The highest BCUT2D eigenvalue weighted by atomic mass is 32.2. The molecule has 12 heteroatoms. The summed E-state index contributed by atoms with van der Waals surface area (Å²) in [4.78, 5) is 44.2. The Bertz CT molecular complexity index is 1840. The Kier molecular flexibility index (Phi) is 12.0. The second-order valence-electron chi connectivity index (χ2n) is 12.9. The molecule has 0 aliphatic heterocycles. The summed E-state index contributed by atoms with van der Waals surface area (Å²) in [6.07, 6.45) is -0.537. The number of amides is 3. The van der Waals surface area contributed by atoms with E-state index in [1.54, 1.807) is 30.3 Å². The first kappa shape index (κ1) is 36.2. The number of pyridine rings is 1. The number of para-hydroxylation sites is 1. The van der Waals surface area contributed by atoms with Crippen LogP contribution in [0.15, 0.2) is 91.0 Å². The van der Waals surface area contributed by atoms with Crippen LogP contribution in [0, 0.1) is 0 Å². The second kappa shape index (κ2) is 16.0. The van der Waals surface area contributed by atoms with Crippen molar-refractivity contribution in [2.24, 2.45) is 0 Å². The van der Waals surface area contributed by atoms with Crippen LogP contribution in [-0.2, 0) is 39.0 Å². The molecule has 254 valence electrons. The molecule has 1 aromatic heterocycles. The average molecular weight is 674 g/mol. The summed E-state index contributed by atoms with van der Waals surface area (Å²) in [5.41, 5.74) is 2.67. The smallest absolute Gasteiger partial charge is 0.251 e. The first-order chi connectivity index (χ1) is 22.7. The number of sulfonamides is 1. The maximum absolute atomic E-state index is 13.7. The summed E-state index contributed by atoms with van der Waals surface area (Å²) in [5.74, 6) is -1.64. The standard InChI is InChI=1S/C36H43N5O6S/c1-36(2,3)40-34(44)28-16-10-8-15-26(28)21-32(42)30(20-24-12-6-5-7-13-24)39-35(45)31(41-48(4,46)47)22-33(43)37-23-27-19-18-25-14-9-11-17-29(25)38-27/h5-19,30-32,41-42H,20-23H2,1-4H3,(H,37,43)(H,39,45)(H,40,44)/t30-,31+,32+/m0/s1. The number of carbonyl (C=O) groups is 3. The van der Waals surface area contributed by atoms with E-state index in [1.807, 2.05) is 81.4 Å². The Morgan fingerprint density at radius 2 is 1.52 bits per heavy atom. The zero-order valence-electron chi connectivity index (χ0n) is 27.6. The Labute approximate surface area is 281 Å². The molecule has 48 heavy (non-hydrogen) atoms. The predicted molar refractivity (Wildman–Crippen MR) is 185 cm³/mol. The van der Waals surface area contributed by atoms with Gasteiger partial charge in [-0.05, 0) is 56.5 Å². The fraction of sp³-hybridized carbons (Fsp3) is 0.333. The number of aromatic nitrogens is 1. The van der Waals surface area contributed by atoms with Crippen LogP contribution in [0.3, 0.4) is 0 Å². The third-order valence-corrected chi connectivity index (χ3v) is 8.17. The molecular formula is C36H43N5O6S. The number of aliphatic hydroxyl groups excluding tert-OH is 1. The van der Waals surface area contributed by atoms with Crippen molar-refractivity contribution in [3.8, 4) is 0 Å². The van der Waals surface area contributed by atoms with Crippen molar-refractivity contribution in [2.75, 3.05) is 6.26 Å². The predicted octanol–water partition coefficient (Wildman–Crippen LogP) is 3.02. The normalized spacial score (nSPS) is 13.7. The first-order valence-electron chi connectivity index (χ1n) is 15.7. The third-order valence-electron chi connectivity index (χ3n) is 7.46. The molecule has 0 aliphatic rings. The lowest BCUT2D eigenvalue weighted by atomic mass is 9.93. The molecule has 4 aromatic rings.